The summed E-state index contributed by atoms with van der Waals surface area (Å²) in [5.74, 6) is -1.81. The Hall–Kier alpha value is -0.840. The van der Waals surface area contributed by atoms with Gasteiger partial charge in [0.15, 0.2) is 0 Å². The van der Waals surface area contributed by atoms with Crippen molar-refractivity contribution >= 4 is 21.7 Å². The lowest BCUT2D eigenvalue weighted by Crippen LogP contribution is -2.22. The maximum atomic E-state index is 12.1. The van der Waals surface area contributed by atoms with Crippen molar-refractivity contribution in [3.8, 4) is 0 Å². The molecule has 1 nitrogen and oxygen atoms in total. The van der Waals surface area contributed by atoms with E-state index in [1.54, 1.807) is 0 Å². The molecule has 0 aliphatic rings. The maximum Gasteiger partial charge on any atom is 0.454 e. The predicted molar refractivity (Wildman–Crippen MR) is 53.9 cm³/mol. The number of hydrogen-bond donors (Lipinski definition) is 0. The van der Waals surface area contributed by atoms with Crippen molar-refractivity contribution in [1.29, 1.82) is 0 Å². The Morgan fingerprint density at radius 1 is 1.40 bits per heavy atom. The lowest BCUT2D eigenvalue weighted by Gasteiger charge is -2.07. The number of hydrogen-bond acceptors (Lipinski definition) is 1. The number of carbonyl (C=O) groups is 1. The van der Waals surface area contributed by atoms with Gasteiger partial charge in [-0.2, -0.15) is 13.2 Å². The van der Waals surface area contributed by atoms with Crippen molar-refractivity contribution in [2.24, 2.45) is 0 Å². The highest BCUT2D eigenvalue weighted by Gasteiger charge is 2.39. The van der Waals surface area contributed by atoms with Crippen molar-refractivity contribution in [2.45, 2.75) is 19.5 Å². The van der Waals surface area contributed by atoms with Gasteiger partial charge in [0.2, 0.25) is 0 Å². The van der Waals surface area contributed by atoms with Crippen LogP contribution in [-0.4, -0.2) is 12.0 Å². The summed E-state index contributed by atoms with van der Waals surface area (Å²) in [6, 6.07) is 3.91. The highest BCUT2D eigenvalue weighted by molar-refractivity contribution is 9.10. The number of aryl methyl sites for hydroxylation is 1. The fraction of sp³-hybridized carbons (Fsp3) is 0.300. The largest absolute Gasteiger partial charge is 0.454 e. The first-order chi connectivity index (χ1) is 6.86. The minimum atomic E-state index is -4.81. The van der Waals surface area contributed by atoms with Crippen LogP contribution in [0.5, 0.6) is 0 Å². The molecule has 0 fully saturated rings. The lowest BCUT2D eigenvalue weighted by molar-refractivity contribution is -0.0885. The molecule has 0 amide bonds. The minimum Gasteiger partial charge on any atom is -0.284 e. The van der Waals surface area contributed by atoms with Crippen LogP contribution in [0.2, 0.25) is 0 Å². The van der Waals surface area contributed by atoms with Gasteiger partial charge < -0.3 is 0 Å². The van der Waals surface area contributed by atoms with Crippen molar-refractivity contribution in [3.63, 3.8) is 0 Å². The third-order valence-electron chi connectivity index (χ3n) is 1.95. The zero-order valence-corrected chi connectivity index (χ0v) is 9.45. The molecular weight excluding hydrogens is 273 g/mol. The zero-order chi connectivity index (χ0) is 11.6. The van der Waals surface area contributed by atoms with Crippen LogP contribution >= 0.6 is 15.9 Å². The monoisotopic (exact) mass is 280 g/mol. The summed E-state index contributed by atoms with van der Waals surface area (Å²) in [5.41, 5.74) is 0.528. The van der Waals surface area contributed by atoms with Crippen molar-refractivity contribution in [2.75, 3.05) is 0 Å². The summed E-state index contributed by atoms with van der Waals surface area (Å²) in [6.07, 6.45) is -4.12. The van der Waals surface area contributed by atoms with Gasteiger partial charge in [-0.1, -0.05) is 35.0 Å². The molecule has 1 aromatic carbocycles. The standard InChI is InChI=1S/C10H8BrF3O/c1-2-6-3-4-7(5-8(6)11)9(15)10(12,13)14/h3-5H,2H2,1H3. The highest BCUT2D eigenvalue weighted by atomic mass is 79.9. The Morgan fingerprint density at radius 3 is 2.40 bits per heavy atom. The van der Waals surface area contributed by atoms with E-state index in [-0.39, 0.29) is 5.56 Å². The number of ketones is 1. The Balaban J connectivity index is 3.08. The zero-order valence-electron chi connectivity index (χ0n) is 7.86. The van der Waals surface area contributed by atoms with Crippen LogP contribution in [0.3, 0.4) is 0 Å². The van der Waals surface area contributed by atoms with Crippen molar-refractivity contribution in [1.82, 2.24) is 0 Å². The number of carbonyl (C=O) groups excluding carboxylic acids is 1. The summed E-state index contributed by atoms with van der Waals surface area (Å²) in [6.45, 7) is 1.88. The number of benzene rings is 1. The Morgan fingerprint density at radius 2 is 2.00 bits per heavy atom. The van der Waals surface area contributed by atoms with Gasteiger partial charge in [0.1, 0.15) is 0 Å². The van der Waals surface area contributed by atoms with E-state index in [1.165, 1.54) is 18.2 Å². The van der Waals surface area contributed by atoms with Crippen LogP contribution < -0.4 is 0 Å². The van der Waals surface area contributed by atoms with Gasteiger partial charge in [-0.05, 0) is 18.1 Å². The molecule has 0 atom stereocenters. The Kier molecular flexibility index (Phi) is 3.54. The molecule has 0 heterocycles. The lowest BCUT2D eigenvalue weighted by atomic mass is 10.1. The first-order valence-corrected chi connectivity index (χ1v) is 5.05. The van der Waals surface area contributed by atoms with Gasteiger partial charge in [-0.25, -0.2) is 0 Å². The summed E-state index contributed by atoms with van der Waals surface area (Å²) in [4.78, 5) is 10.9. The molecule has 82 valence electrons. The van der Waals surface area contributed by atoms with E-state index < -0.39 is 12.0 Å². The molecule has 0 spiro atoms. The molecule has 15 heavy (non-hydrogen) atoms. The summed E-state index contributed by atoms with van der Waals surface area (Å²) in [5, 5.41) is 0. The number of alkyl halides is 3. The third kappa shape index (κ3) is 2.81. The second-order valence-electron chi connectivity index (χ2n) is 2.99. The first-order valence-electron chi connectivity index (χ1n) is 4.26. The molecule has 0 aromatic heterocycles. The van der Waals surface area contributed by atoms with Gasteiger partial charge >= 0.3 is 6.18 Å². The van der Waals surface area contributed by atoms with E-state index in [9.17, 15) is 18.0 Å². The average molecular weight is 281 g/mol. The second kappa shape index (κ2) is 4.35. The third-order valence-corrected chi connectivity index (χ3v) is 2.69. The number of Topliss-reactive ketones (excluding diaryl/α,β-unsaturated/α-hetero) is 1. The average Bonchev–Trinajstić information content (AvgIpc) is 2.15. The molecule has 0 bridgehead atoms. The molecule has 0 radical (unpaired) electrons. The summed E-state index contributed by atoms with van der Waals surface area (Å²) in [7, 11) is 0. The topological polar surface area (TPSA) is 17.1 Å². The van der Waals surface area contributed by atoms with E-state index in [0.29, 0.717) is 10.9 Å². The second-order valence-corrected chi connectivity index (χ2v) is 3.84. The van der Waals surface area contributed by atoms with Crippen LogP contribution in [0.1, 0.15) is 22.8 Å². The SMILES string of the molecule is CCc1ccc(C(=O)C(F)(F)F)cc1Br. The molecule has 0 aliphatic heterocycles. The molecule has 0 unspecified atom stereocenters. The highest BCUT2D eigenvalue weighted by Crippen LogP contribution is 2.25. The molecule has 0 N–H and O–H groups in total. The van der Waals surface area contributed by atoms with Gasteiger partial charge in [0.25, 0.3) is 5.78 Å². The van der Waals surface area contributed by atoms with E-state index in [2.05, 4.69) is 15.9 Å². The van der Waals surface area contributed by atoms with Crippen LogP contribution in [-0.2, 0) is 6.42 Å². The first kappa shape index (κ1) is 12.2. The predicted octanol–water partition coefficient (Wildman–Crippen LogP) is 3.76. The number of halogens is 4. The Labute approximate surface area is 93.4 Å². The Bertz CT molecular complexity index is 385. The van der Waals surface area contributed by atoms with Gasteiger partial charge in [0, 0.05) is 10.0 Å². The van der Waals surface area contributed by atoms with Gasteiger partial charge in [0.05, 0.1) is 0 Å². The van der Waals surface area contributed by atoms with E-state index in [1.807, 2.05) is 6.92 Å². The molecule has 5 heteroatoms. The quantitative estimate of drug-likeness (QED) is 0.754. The molecule has 1 rings (SSSR count). The summed E-state index contributed by atoms with van der Waals surface area (Å²) >= 11 is 3.12. The minimum absolute atomic E-state index is 0.341. The fourth-order valence-corrected chi connectivity index (χ4v) is 1.80. The molecule has 0 aliphatic carbocycles. The van der Waals surface area contributed by atoms with Crippen LogP contribution in [0.4, 0.5) is 13.2 Å². The van der Waals surface area contributed by atoms with Crippen LogP contribution in [0, 0.1) is 0 Å². The molecule has 1 aromatic rings. The van der Waals surface area contributed by atoms with Crippen molar-refractivity contribution < 1.29 is 18.0 Å². The summed E-state index contributed by atoms with van der Waals surface area (Å²) < 4.78 is 36.8. The normalized spacial score (nSPS) is 11.5. The smallest absolute Gasteiger partial charge is 0.284 e. The fourth-order valence-electron chi connectivity index (χ4n) is 1.14. The molecule has 0 saturated heterocycles. The number of rotatable bonds is 2. The van der Waals surface area contributed by atoms with E-state index >= 15 is 0 Å². The van der Waals surface area contributed by atoms with Gasteiger partial charge in [-0.15, -0.1) is 0 Å². The van der Waals surface area contributed by atoms with Crippen LogP contribution in [0.15, 0.2) is 22.7 Å². The maximum absolute atomic E-state index is 12.1. The van der Waals surface area contributed by atoms with Crippen LogP contribution in [0.25, 0.3) is 0 Å². The van der Waals surface area contributed by atoms with Crippen molar-refractivity contribution in [3.05, 3.63) is 33.8 Å². The molecule has 0 saturated carbocycles. The van der Waals surface area contributed by atoms with E-state index in [4.69, 9.17) is 0 Å². The van der Waals surface area contributed by atoms with E-state index in [0.717, 1.165) is 5.56 Å². The molecular formula is C10H8BrF3O. The van der Waals surface area contributed by atoms with Gasteiger partial charge in [-0.3, -0.25) is 4.79 Å².